The third-order valence-electron chi connectivity index (χ3n) is 1.10. The molecule has 0 fully saturated rings. The molecule has 0 aliphatic heterocycles. The highest BCUT2D eigenvalue weighted by atomic mass is 14.5. The third kappa shape index (κ3) is 0.808. The van der Waals surface area contributed by atoms with Crippen molar-refractivity contribution in [3.05, 3.63) is 29.8 Å². The van der Waals surface area contributed by atoms with Crippen LogP contribution >= 0.6 is 0 Å². The molecule has 1 aromatic carbocycles. The highest BCUT2D eigenvalue weighted by Crippen LogP contribution is 2.05. The van der Waals surface area contributed by atoms with Gasteiger partial charge in [0.1, 0.15) is 0 Å². The largest absolute Gasteiger partial charge is 0.398 e. The Bertz CT molecular complexity index is 160. The van der Waals surface area contributed by atoms with Crippen molar-refractivity contribution in [2.75, 3.05) is 5.73 Å². The van der Waals surface area contributed by atoms with Crippen LogP contribution < -0.4 is 5.73 Å². The van der Waals surface area contributed by atoms with Gasteiger partial charge >= 0.3 is 0 Å². The second kappa shape index (κ2) is 1.86. The first-order chi connectivity index (χ1) is 3.80. The summed E-state index contributed by atoms with van der Waals surface area (Å²) >= 11 is 0. The fraction of sp³-hybridized carbons (Fsp3) is 0.143. The molecular weight excluding hydrogens is 98.1 g/mol. The molecule has 0 aliphatic rings. The molecule has 1 nitrogen and oxygen atoms in total. The minimum absolute atomic E-state index is 0.813. The molecule has 2 N–H and O–H groups in total. The maximum absolute atomic E-state index is 5.49. The molecule has 0 heterocycles. The second-order valence-corrected chi connectivity index (χ2v) is 1.75. The van der Waals surface area contributed by atoms with Crippen molar-refractivity contribution in [2.24, 2.45) is 0 Å². The number of hydrogen-bond acceptors (Lipinski definition) is 1. The van der Waals surface area contributed by atoms with Crippen molar-refractivity contribution in [2.45, 2.75) is 6.92 Å². The van der Waals surface area contributed by atoms with Gasteiger partial charge in [0.2, 0.25) is 0 Å². The normalized spacial score (nSPS) is 9.12. The fourth-order valence-electron chi connectivity index (χ4n) is 0.533. The fourth-order valence-corrected chi connectivity index (χ4v) is 0.533. The molecule has 0 saturated heterocycles. The lowest BCUT2D eigenvalue weighted by molar-refractivity contribution is 1.46. The lowest BCUT2D eigenvalue weighted by Gasteiger charge is -1.93. The highest BCUT2D eigenvalue weighted by Gasteiger charge is 1.85. The van der Waals surface area contributed by atoms with E-state index in [-0.39, 0.29) is 0 Å². The smallest absolute Gasteiger partial charge is 0.0349 e. The van der Waals surface area contributed by atoms with Crippen molar-refractivity contribution in [3.8, 4) is 0 Å². The van der Waals surface area contributed by atoms with Gasteiger partial charge in [-0.15, -0.1) is 0 Å². The number of aryl methyl sites for hydroxylation is 1. The monoisotopic (exact) mass is 106 g/mol. The maximum Gasteiger partial charge on any atom is 0.0349 e. The Hall–Kier alpha value is -0.980. The molecule has 1 heteroatoms. The van der Waals surface area contributed by atoms with Gasteiger partial charge in [0.25, 0.3) is 0 Å². The number of rotatable bonds is 0. The molecular formula is C7H8N. The summed E-state index contributed by atoms with van der Waals surface area (Å²) in [5.74, 6) is 0. The quantitative estimate of drug-likeness (QED) is 0.497. The van der Waals surface area contributed by atoms with Crippen LogP contribution in [0.25, 0.3) is 0 Å². The average molecular weight is 106 g/mol. The highest BCUT2D eigenvalue weighted by molar-refractivity contribution is 5.44. The second-order valence-electron chi connectivity index (χ2n) is 1.75. The third-order valence-corrected chi connectivity index (χ3v) is 1.10. The molecule has 0 unspecified atom stereocenters. The van der Waals surface area contributed by atoms with E-state index < -0.39 is 0 Å². The van der Waals surface area contributed by atoms with Crippen molar-refractivity contribution in [1.82, 2.24) is 0 Å². The van der Waals surface area contributed by atoms with Gasteiger partial charge in [-0.3, -0.25) is 0 Å². The van der Waals surface area contributed by atoms with Gasteiger partial charge < -0.3 is 5.73 Å². The summed E-state index contributed by atoms with van der Waals surface area (Å²) in [6.45, 7) is 1.94. The Kier molecular flexibility index (Phi) is 1.20. The SMILES string of the molecule is Cc1[c]cccc1N. The molecule has 0 amide bonds. The number of nitrogens with two attached hydrogens (primary N) is 1. The predicted octanol–water partition coefficient (Wildman–Crippen LogP) is 1.38. The van der Waals surface area contributed by atoms with Gasteiger partial charge in [-0.05, 0) is 24.6 Å². The molecule has 41 valence electrons. The zero-order valence-electron chi connectivity index (χ0n) is 4.81. The Morgan fingerprint density at radius 3 is 2.75 bits per heavy atom. The van der Waals surface area contributed by atoms with Crippen LogP contribution in [0.15, 0.2) is 18.2 Å². The van der Waals surface area contributed by atoms with Crippen LogP contribution in [0, 0.1) is 13.0 Å². The van der Waals surface area contributed by atoms with Crippen LogP contribution in [0.2, 0.25) is 0 Å². The molecule has 8 heavy (non-hydrogen) atoms. The summed E-state index contributed by atoms with van der Waals surface area (Å²) < 4.78 is 0. The summed E-state index contributed by atoms with van der Waals surface area (Å²) in [5, 5.41) is 0. The lowest BCUT2D eigenvalue weighted by atomic mass is 10.2. The predicted molar refractivity (Wildman–Crippen MR) is 34.4 cm³/mol. The summed E-state index contributed by atoms with van der Waals surface area (Å²) in [6.07, 6.45) is 0. The van der Waals surface area contributed by atoms with Crippen LogP contribution in [-0.2, 0) is 0 Å². The maximum atomic E-state index is 5.49. The van der Waals surface area contributed by atoms with Crippen LogP contribution in [-0.4, -0.2) is 0 Å². The zero-order valence-corrected chi connectivity index (χ0v) is 4.81. The van der Waals surface area contributed by atoms with E-state index >= 15 is 0 Å². The Balaban J connectivity index is 3.13. The average Bonchev–Trinajstić information content (AvgIpc) is 1.77. The van der Waals surface area contributed by atoms with Crippen LogP contribution in [0.3, 0.4) is 0 Å². The number of anilines is 1. The van der Waals surface area contributed by atoms with Crippen LogP contribution in [0.5, 0.6) is 0 Å². The van der Waals surface area contributed by atoms with Crippen molar-refractivity contribution < 1.29 is 0 Å². The molecule has 0 bridgehead atoms. The van der Waals surface area contributed by atoms with E-state index in [0.29, 0.717) is 0 Å². The van der Waals surface area contributed by atoms with E-state index in [9.17, 15) is 0 Å². The van der Waals surface area contributed by atoms with Crippen LogP contribution in [0.1, 0.15) is 5.56 Å². The van der Waals surface area contributed by atoms with E-state index in [1.54, 1.807) is 0 Å². The van der Waals surface area contributed by atoms with Crippen molar-refractivity contribution in [1.29, 1.82) is 0 Å². The van der Waals surface area contributed by atoms with Gasteiger partial charge in [-0.2, -0.15) is 0 Å². The standard InChI is InChI=1S/C7H8N/c1-6-4-2-3-5-7(6)8/h2-3,5H,8H2,1H3. The zero-order chi connectivity index (χ0) is 5.98. The van der Waals surface area contributed by atoms with Gasteiger partial charge in [0, 0.05) is 5.69 Å². The van der Waals surface area contributed by atoms with Crippen LogP contribution in [0.4, 0.5) is 5.69 Å². The Morgan fingerprint density at radius 1 is 1.62 bits per heavy atom. The summed E-state index contributed by atoms with van der Waals surface area (Å²) in [6, 6.07) is 8.57. The van der Waals surface area contributed by atoms with E-state index in [2.05, 4.69) is 6.07 Å². The van der Waals surface area contributed by atoms with E-state index in [4.69, 9.17) is 5.73 Å². The molecule has 1 rings (SSSR count). The summed E-state index contributed by atoms with van der Waals surface area (Å²) in [4.78, 5) is 0. The number of nitrogen functional groups attached to an aromatic ring is 1. The van der Waals surface area contributed by atoms with Crippen molar-refractivity contribution in [3.63, 3.8) is 0 Å². The minimum Gasteiger partial charge on any atom is -0.398 e. The van der Waals surface area contributed by atoms with E-state index in [1.807, 2.05) is 25.1 Å². The molecule has 0 aromatic heterocycles. The van der Waals surface area contributed by atoms with E-state index in [0.717, 1.165) is 11.3 Å². The molecule has 0 aliphatic carbocycles. The molecule has 0 atom stereocenters. The first kappa shape index (κ1) is 5.16. The van der Waals surface area contributed by atoms with Gasteiger partial charge in [-0.25, -0.2) is 0 Å². The van der Waals surface area contributed by atoms with Gasteiger partial charge in [0.15, 0.2) is 0 Å². The number of hydrogen-bond donors (Lipinski definition) is 1. The molecule has 0 saturated carbocycles. The van der Waals surface area contributed by atoms with E-state index in [1.165, 1.54) is 0 Å². The van der Waals surface area contributed by atoms with Gasteiger partial charge in [-0.1, -0.05) is 12.1 Å². The first-order valence-corrected chi connectivity index (χ1v) is 2.53. The Morgan fingerprint density at radius 2 is 2.38 bits per heavy atom. The van der Waals surface area contributed by atoms with Crippen molar-refractivity contribution >= 4 is 5.69 Å². The minimum atomic E-state index is 0.813. The topological polar surface area (TPSA) is 26.0 Å². The number of benzene rings is 1. The summed E-state index contributed by atoms with van der Waals surface area (Å²) in [7, 11) is 0. The summed E-state index contributed by atoms with van der Waals surface area (Å²) in [5.41, 5.74) is 7.32. The van der Waals surface area contributed by atoms with Gasteiger partial charge in [0.05, 0.1) is 0 Å². The lowest BCUT2D eigenvalue weighted by Crippen LogP contribution is -1.86. The molecule has 0 spiro atoms. The molecule has 1 aromatic rings. The molecule has 1 radical (unpaired) electrons. The Labute approximate surface area is 49.1 Å². The first-order valence-electron chi connectivity index (χ1n) is 2.53.